The fraction of sp³-hybridized carbons (Fsp3) is 0.208. The number of hydrogen-bond donors (Lipinski definition) is 1. The third kappa shape index (κ3) is 4.99. The number of amides is 1. The predicted octanol–water partition coefficient (Wildman–Crippen LogP) is 5.33. The first-order chi connectivity index (χ1) is 16.5. The molecular formula is C24H20F3N7O. The van der Waals surface area contributed by atoms with E-state index in [0.717, 1.165) is 12.1 Å². The van der Waals surface area contributed by atoms with Gasteiger partial charge in [-0.3, -0.25) is 15.0 Å². The summed E-state index contributed by atoms with van der Waals surface area (Å²) in [4.78, 5) is 17.3. The van der Waals surface area contributed by atoms with Crippen LogP contribution in [-0.2, 0) is 11.0 Å². The third-order valence-corrected chi connectivity index (χ3v) is 5.16. The Morgan fingerprint density at radius 3 is 2.57 bits per heavy atom. The molecule has 2 aromatic rings. The predicted molar refractivity (Wildman–Crippen MR) is 123 cm³/mol. The number of fused-ring (bicyclic) bond motifs is 1. The molecule has 1 amide bonds. The molecule has 0 saturated heterocycles. The van der Waals surface area contributed by atoms with Crippen molar-refractivity contribution in [2.24, 2.45) is 0 Å². The highest BCUT2D eigenvalue weighted by molar-refractivity contribution is 5.87. The second kappa shape index (κ2) is 9.69. The lowest BCUT2D eigenvalue weighted by molar-refractivity contribution is -0.137. The summed E-state index contributed by atoms with van der Waals surface area (Å²) in [5.41, 5.74) is 0.437. The molecule has 1 aromatic carbocycles. The molecule has 35 heavy (non-hydrogen) atoms. The Hall–Kier alpha value is -4.64. The highest BCUT2D eigenvalue weighted by Crippen LogP contribution is 2.43. The maximum Gasteiger partial charge on any atom is 0.416 e. The summed E-state index contributed by atoms with van der Waals surface area (Å²) in [5, 5.41) is 25.9. The van der Waals surface area contributed by atoms with Crippen LogP contribution in [0, 0.1) is 22.7 Å². The van der Waals surface area contributed by atoms with Crippen molar-refractivity contribution in [1.29, 1.82) is 10.5 Å². The minimum Gasteiger partial charge on any atom is -0.293 e. The van der Waals surface area contributed by atoms with E-state index in [2.05, 4.69) is 28.0 Å². The SMILES string of the molecule is C=C(/C=C\C(C#N)=C/C)[C@@H]1C(C#N)=C(C)N(c2cccc(C(F)(F)F)c2)c2nc(NC(C)=O)nn21. The molecule has 2 heterocycles. The van der Waals surface area contributed by atoms with Gasteiger partial charge in [0.15, 0.2) is 0 Å². The van der Waals surface area contributed by atoms with Crippen LogP contribution in [0.5, 0.6) is 0 Å². The minimum absolute atomic E-state index is 0.0793. The zero-order chi connectivity index (χ0) is 25.9. The minimum atomic E-state index is -4.58. The van der Waals surface area contributed by atoms with Crippen LogP contribution >= 0.6 is 0 Å². The molecule has 8 nitrogen and oxygen atoms in total. The highest BCUT2D eigenvalue weighted by Gasteiger charge is 2.37. The van der Waals surface area contributed by atoms with Crippen molar-refractivity contribution in [3.05, 3.63) is 77.1 Å². The topological polar surface area (TPSA) is 111 Å². The first kappa shape index (κ1) is 25.0. The third-order valence-electron chi connectivity index (χ3n) is 5.16. The van der Waals surface area contributed by atoms with Crippen LogP contribution < -0.4 is 10.2 Å². The number of halogens is 3. The van der Waals surface area contributed by atoms with Gasteiger partial charge >= 0.3 is 6.18 Å². The molecule has 0 fully saturated rings. The Morgan fingerprint density at radius 1 is 1.29 bits per heavy atom. The van der Waals surface area contributed by atoms with Crippen molar-refractivity contribution < 1.29 is 18.0 Å². The molecule has 1 atom stereocenters. The molecule has 0 unspecified atom stereocenters. The van der Waals surface area contributed by atoms with Crippen molar-refractivity contribution in [3.8, 4) is 12.1 Å². The van der Waals surface area contributed by atoms with Gasteiger partial charge in [0.1, 0.15) is 6.04 Å². The molecule has 0 bridgehead atoms. The van der Waals surface area contributed by atoms with E-state index in [4.69, 9.17) is 5.26 Å². The smallest absolute Gasteiger partial charge is 0.293 e. The first-order valence-corrected chi connectivity index (χ1v) is 10.3. The van der Waals surface area contributed by atoms with Gasteiger partial charge in [0.05, 0.1) is 23.3 Å². The standard InChI is InChI=1S/C24H20F3N7O/c1-5-17(12-28)10-9-14(2)21-20(13-29)15(3)33(19-8-6-7-18(11-19)24(25,26)27)23-31-22(30-16(4)35)32-34(21)23/h5-11,21H,2H2,1,3-4H3,(H,30,32,35)/b10-9-,17-5+/t21-/m1/s1. The lowest BCUT2D eigenvalue weighted by Gasteiger charge is -2.34. The fourth-order valence-electron chi connectivity index (χ4n) is 3.54. The lowest BCUT2D eigenvalue weighted by Crippen LogP contribution is -2.31. The molecule has 3 rings (SSSR count). The van der Waals surface area contributed by atoms with Gasteiger partial charge in [-0.25, -0.2) is 4.68 Å². The number of alkyl halides is 3. The zero-order valence-electron chi connectivity index (χ0n) is 19.1. The Kier molecular flexibility index (Phi) is 6.92. The van der Waals surface area contributed by atoms with E-state index < -0.39 is 23.7 Å². The van der Waals surface area contributed by atoms with E-state index in [9.17, 15) is 23.2 Å². The van der Waals surface area contributed by atoms with Crippen LogP contribution in [0.1, 0.15) is 32.4 Å². The number of anilines is 3. The number of nitrogens with zero attached hydrogens (tertiary/aromatic N) is 6. The van der Waals surface area contributed by atoms with E-state index in [1.165, 1.54) is 34.7 Å². The molecule has 11 heteroatoms. The fourth-order valence-corrected chi connectivity index (χ4v) is 3.54. The average Bonchev–Trinajstić information content (AvgIpc) is 3.20. The molecule has 1 aromatic heterocycles. The second-order valence-electron chi connectivity index (χ2n) is 7.52. The lowest BCUT2D eigenvalue weighted by atomic mass is 9.96. The van der Waals surface area contributed by atoms with Gasteiger partial charge in [-0.15, -0.1) is 5.10 Å². The highest BCUT2D eigenvalue weighted by atomic mass is 19.4. The summed E-state index contributed by atoms with van der Waals surface area (Å²) >= 11 is 0. The number of hydrogen-bond acceptors (Lipinski definition) is 6. The second-order valence-corrected chi connectivity index (χ2v) is 7.52. The number of aromatic nitrogens is 3. The Morgan fingerprint density at radius 2 is 2.00 bits per heavy atom. The number of nitrogens with one attached hydrogen (secondary N) is 1. The van der Waals surface area contributed by atoms with Crippen LogP contribution in [0.15, 0.2) is 71.5 Å². The van der Waals surface area contributed by atoms with E-state index in [-0.39, 0.29) is 23.2 Å². The van der Waals surface area contributed by atoms with Gasteiger partial charge < -0.3 is 0 Å². The Labute approximate surface area is 199 Å². The van der Waals surface area contributed by atoms with Crippen molar-refractivity contribution in [3.63, 3.8) is 0 Å². The number of benzene rings is 1. The van der Waals surface area contributed by atoms with Gasteiger partial charge in [-0.1, -0.05) is 24.8 Å². The van der Waals surface area contributed by atoms with Crippen molar-refractivity contribution >= 4 is 23.5 Å². The van der Waals surface area contributed by atoms with Crippen LogP contribution in [0.3, 0.4) is 0 Å². The number of nitriles is 2. The molecule has 0 aliphatic carbocycles. The molecule has 1 aliphatic heterocycles. The normalized spacial score (nSPS) is 16.1. The van der Waals surface area contributed by atoms with Crippen molar-refractivity contribution in [1.82, 2.24) is 14.8 Å². The van der Waals surface area contributed by atoms with Gasteiger partial charge in [0.2, 0.25) is 11.9 Å². The number of rotatable bonds is 5. The largest absolute Gasteiger partial charge is 0.416 e. The van der Waals surface area contributed by atoms with Crippen LogP contribution in [0.2, 0.25) is 0 Å². The molecule has 1 aliphatic rings. The zero-order valence-corrected chi connectivity index (χ0v) is 19.1. The van der Waals surface area contributed by atoms with Gasteiger partial charge in [0.25, 0.3) is 5.95 Å². The summed E-state index contributed by atoms with van der Waals surface area (Å²) in [6, 6.07) is 7.82. The average molecular weight is 479 g/mol. The maximum absolute atomic E-state index is 13.4. The van der Waals surface area contributed by atoms with E-state index in [0.29, 0.717) is 16.8 Å². The van der Waals surface area contributed by atoms with Crippen LogP contribution in [-0.4, -0.2) is 20.7 Å². The van der Waals surface area contributed by atoms with E-state index >= 15 is 0 Å². The summed E-state index contributed by atoms with van der Waals surface area (Å²) in [5.74, 6) is -0.467. The summed E-state index contributed by atoms with van der Waals surface area (Å²) in [7, 11) is 0. The quantitative estimate of drug-likeness (QED) is 0.459. The van der Waals surface area contributed by atoms with Crippen molar-refractivity contribution in [2.75, 3.05) is 10.2 Å². The number of allylic oxidation sites excluding steroid dienone is 7. The number of carbonyl (C=O) groups is 1. The van der Waals surface area contributed by atoms with Gasteiger partial charge in [0, 0.05) is 23.9 Å². The maximum atomic E-state index is 13.4. The summed E-state index contributed by atoms with van der Waals surface area (Å²) < 4.78 is 41.5. The monoisotopic (exact) mass is 479 g/mol. The molecule has 1 N–H and O–H groups in total. The molecular weight excluding hydrogens is 459 g/mol. The van der Waals surface area contributed by atoms with Gasteiger partial charge in [-0.2, -0.15) is 28.7 Å². The first-order valence-electron chi connectivity index (χ1n) is 10.3. The van der Waals surface area contributed by atoms with E-state index in [1.807, 2.05) is 6.07 Å². The van der Waals surface area contributed by atoms with E-state index in [1.54, 1.807) is 26.0 Å². The van der Waals surface area contributed by atoms with Crippen molar-refractivity contribution in [2.45, 2.75) is 33.0 Å². The van der Waals surface area contributed by atoms with Gasteiger partial charge in [-0.05, 0) is 43.7 Å². The molecule has 0 radical (unpaired) electrons. The molecule has 0 saturated carbocycles. The molecule has 0 spiro atoms. The van der Waals surface area contributed by atoms with Crippen LogP contribution in [0.25, 0.3) is 0 Å². The van der Waals surface area contributed by atoms with Crippen LogP contribution in [0.4, 0.5) is 30.8 Å². The molecule has 178 valence electrons. The Bertz CT molecular complexity index is 1370. The number of carbonyl (C=O) groups excluding carboxylic acids is 1. The summed E-state index contributed by atoms with van der Waals surface area (Å²) in [6.45, 7) is 8.54. The Balaban J connectivity index is 2.23. The summed E-state index contributed by atoms with van der Waals surface area (Å²) in [6.07, 6.45) is 0.0972.